The second-order valence-corrected chi connectivity index (χ2v) is 7.57. The van der Waals surface area contributed by atoms with Gasteiger partial charge in [-0.15, -0.1) is 0 Å². The fourth-order valence-corrected chi connectivity index (χ4v) is 3.85. The van der Waals surface area contributed by atoms with Crippen molar-refractivity contribution in [3.63, 3.8) is 0 Å². The van der Waals surface area contributed by atoms with E-state index in [2.05, 4.69) is 39.4 Å². The summed E-state index contributed by atoms with van der Waals surface area (Å²) >= 11 is 0. The molecule has 2 aliphatic rings. The summed E-state index contributed by atoms with van der Waals surface area (Å²) in [6, 6.07) is 8.48. The lowest BCUT2D eigenvalue weighted by Gasteiger charge is -2.26. The maximum Gasteiger partial charge on any atom is 0.317 e. The third-order valence-corrected chi connectivity index (χ3v) is 5.47. The second kappa shape index (κ2) is 10.5. The molecule has 1 aromatic rings. The van der Waals surface area contributed by atoms with Gasteiger partial charge in [0.2, 0.25) is 0 Å². The smallest absolute Gasteiger partial charge is 0.317 e. The van der Waals surface area contributed by atoms with Crippen LogP contribution in [0.25, 0.3) is 0 Å². The van der Waals surface area contributed by atoms with Crippen molar-refractivity contribution in [1.82, 2.24) is 15.1 Å². The Balaban J connectivity index is 1.38. The standard InChI is InChI=1S/C21H34N4O2/c1-23(18-19-8-2-3-9-20(19)25-12-6-7-13-25)21(26)22-10-4-5-11-24-14-16-27-17-15-24/h2-3,8-9H,4-7,10-18H2,1H3,(H,22,26). The number of nitrogens with zero attached hydrogens (tertiary/aromatic N) is 3. The third kappa shape index (κ3) is 6.11. The highest BCUT2D eigenvalue weighted by Crippen LogP contribution is 2.25. The molecule has 0 bridgehead atoms. The number of rotatable bonds is 8. The molecular weight excluding hydrogens is 340 g/mol. The molecule has 6 nitrogen and oxygen atoms in total. The van der Waals surface area contributed by atoms with Crippen molar-refractivity contribution in [3.8, 4) is 0 Å². The topological polar surface area (TPSA) is 48.0 Å². The summed E-state index contributed by atoms with van der Waals surface area (Å²) in [4.78, 5) is 19.1. The summed E-state index contributed by atoms with van der Waals surface area (Å²) in [6.07, 6.45) is 4.65. The van der Waals surface area contributed by atoms with E-state index in [1.165, 1.54) is 24.1 Å². The van der Waals surface area contributed by atoms with E-state index in [1.54, 1.807) is 4.90 Å². The van der Waals surface area contributed by atoms with Gasteiger partial charge in [-0.1, -0.05) is 18.2 Å². The molecule has 3 rings (SSSR count). The lowest BCUT2D eigenvalue weighted by Crippen LogP contribution is -2.38. The van der Waals surface area contributed by atoms with Crippen LogP contribution >= 0.6 is 0 Å². The van der Waals surface area contributed by atoms with E-state index in [1.807, 2.05) is 7.05 Å². The number of unbranched alkanes of at least 4 members (excludes halogenated alkanes) is 1. The summed E-state index contributed by atoms with van der Waals surface area (Å²) in [5.74, 6) is 0. The lowest BCUT2D eigenvalue weighted by molar-refractivity contribution is 0.0372. The molecule has 6 heteroatoms. The van der Waals surface area contributed by atoms with Crippen LogP contribution in [0, 0.1) is 0 Å². The molecule has 150 valence electrons. The van der Waals surface area contributed by atoms with Crippen LogP contribution in [0.4, 0.5) is 10.5 Å². The van der Waals surface area contributed by atoms with Crippen LogP contribution in [0.5, 0.6) is 0 Å². The normalized spacial score (nSPS) is 17.9. The fourth-order valence-electron chi connectivity index (χ4n) is 3.85. The quantitative estimate of drug-likeness (QED) is 0.711. The minimum atomic E-state index is 0.0117. The van der Waals surface area contributed by atoms with Crippen LogP contribution in [-0.2, 0) is 11.3 Å². The molecule has 27 heavy (non-hydrogen) atoms. The van der Waals surface area contributed by atoms with Crippen LogP contribution < -0.4 is 10.2 Å². The fraction of sp³-hybridized carbons (Fsp3) is 0.667. The molecule has 2 amide bonds. The molecule has 0 aromatic heterocycles. The zero-order chi connectivity index (χ0) is 18.9. The zero-order valence-electron chi connectivity index (χ0n) is 16.7. The van der Waals surface area contributed by atoms with Gasteiger partial charge in [0, 0.05) is 52.0 Å². The summed E-state index contributed by atoms with van der Waals surface area (Å²) in [5, 5.41) is 3.06. The second-order valence-electron chi connectivity index (χ2n) is 7.57. The first-order chi connectivity index (χ1) is 13.2. The highest BCUT2D eigenvalue weighted by Gasteiger charge is 2.17. The number of ether oxygens (including phenoxy) is 1. The average Bonchev–Trinajstić information content (AvgIpc) is 3.23. The molecule has 0 aliphatic carbocycles. The number of carbonyl (C=O) groups excluding carboxylic acids is 1. The van der Waals surface area contributed by atoms with Crippen molar-refractivity contribution in [1.29, 1.82) is 0 Å². The predicted molar refractivity (Wildman–Crippen MR) is 109 cm³/mol. The maximum absolute atomic E-state index is 12.4. The van der Waals surface area contributed by atoms with Crippen LogP contribution in [0.15, 0.2) is 24.3 Å². The summed E-state index contributed by atoms with van der Waals surface area (Å²) in [5.41, 5.74) is 2.50. The number of benzene rings is 1. The van der Waals surface area contributed by atoms with E-state index >= 15 is 0 Å². The van der Waals surface area contributed by atoms with Crippen LogP contribution in [0.1, 0.15) is 31.2 Å². The SMILES string of the molecule is CN(Cc1ccccc1N1CCCC1)C(=O)NCCCCN1CCOCC1. The number of anilines is 1. The monoisotopic (exact) mass is 374 g/mol. The molecule has 0 radical (unpaired) electrons. The van der Waals surface area contributed by atoms with Gasteiger partial charge in [-0.2, -0.15) is 0 Å². The van der Waals surface area contributed by atoms with Crippen molar-refractivity contribution < 1.29 is 9.53 Å². The number of carbonyl (C=O) groups is 1. The van der Waals surface area contributed by atoms with Crippen LogP contribution in [0.2, 0.25) is 0 Å². The van der Waals surface area contributed by atoms with Gasteiger partial charge < -0.3 is 19.9 Å². The van der Waals surface area contributed by atoms with Gasteiger partial charge in [-0.05, 0) is 43.9 Å². The largest absolute Gasteiger partial charge is 0.379 e. The molecule has 0 atom stereocenters. The van der Waals surface area contributed by atoms with Crippen molar-refractivity contribution in [2.24, 2.45) is 0 Å². The van der Waals surface area contributed by atoms with Gasteiger partial charge in [0.25, 0.3) is 0 Å². The van der Waals surface area contributed by atoms with Crippen molar-refractivity contribution in [3.05, 3.63) is 29.8 Å². The molecule has 0 saturated carbocycles. The zero-order valence-corrected chi connectivity index (χ0v) is 16.7. The number of nitrogens with one attached hydrogen (secondary N) is 1. The highest BCUT2D eigenvalue weighted by molar-refractivity contribution is 5.74. The Morgan fingerprint density at radius 1 is 1.11 bits per heavy atom. The first-order valence-corrected chi connectivity index (χ1v) is 10.4. The molecule has 1 aromatic carbocycles. The number of amides is 2. The van der Waals surface area contributed by atoms with E-state index in [4.69, 9.17) is 4.74 Å². The molecule has 2 aliphatic heterocycles. The summed E-state index contributed by atoms with van der Waals surface area (Å²) in [6.45, 7) is 8.48. The van der Waals surface area contributed by atoms with E-state index in [9.17, 15) is 4.79 Å². The number of hydrogen-bond acceptors (Lipinski definition) is 4. The maximum atomic E-state index is 12.4. The summed E-state index contributed by atoms with van der Waals surface area (Å²) < 4.78 is 5.37. The number of urea groups is 1. The van der Waals surface area contributed by atoms with Crippen molar-refractivity contribution in [2.75, 3.05) is 64.4 Å². The van der Waals surface area contributed by atoms with Gasteiger partial charge in [0.15, 0.2) is 0 Å². The number of hydrogen-bond donors (Lipinski definition) is 1. The minimum Gasteiger partial charge on any atom is -0.379 e. The Kier molecular flexibility index (Phi) is 7.78. The molecule has 0 unspecified atom stereocenters. The van der Waals surface area contributed by atoms with E-state index in [0.717, 1.165) is 65.3 Å². The Bertz CT molecular complexity index is 583. The van der Waals surface area contributed by atoms with Crippen LogP contribution in [0.3, 0.4) is 0 Å². The highest BCUT2D eigenvalue weighted by atomic mass is 16.5. The third-order valence-electron chi connectivity index (χ3n) is 5.47. The molecule has 1 N–H and O–H groups in total. The van der Waals surface area contributed by atoms with E-state index < -0.39 is 0 Å². The predicted octanol–water partition coefficient (Wildman–Crippen LogP) is 2.54. The molecular formula is C21H34N4O2. The van der Waals surface area contributed by atoms with Crippen molar-refractivity contribution in [2.45, 2.75) is 32.2 Å². The molecule has 2 heterocycles. The van der Waals surface area contributed by atoms with Gasteiger partial charge in [-0.25, -0.2) is 4.79 Å². The first kappa shape index (κ1) is 20.0. The van der Waals surface area contributed by atoms with E-state index in [0.29, 0.717) is 6.54 Å². The number of morpholine rings is 1. The van der Waals surface area contributed by atoms with Gasteiger partial charge >= 0.3 is 6.03 Å². The number of para-hydroxylation sites is 1. The van der Waals surface area contributed by atoms with Crippen LogP contribution in [-0.4, -0.2) is 75.4 Å². The lowest BCUT2D eigenvalue weighted by atomic mass is 10.1. The molecule has 0 spiro atoms. The molecule has 2 fully saturated rings. The average molecular weight is 375 g/mol. The minimum absolute atomic E-state index is 0.0117. The Morgan fingerprint density at radius 2 is 1.85 bits per heavy atom. The molecule has 2 saturated heterocycles. The Labute approximate surface area is 163 Å². The first-order valence-electron chi connectivity index (χ1n) is 10.4. The van der Waals surface area contributed by atoms with Gasteiger partial charge in [0.1, 0.15) is 0 Å². The summed E-state index contributed by atoms with van der Waals surface area (Å²) in [7, 11) is 1.88. The Hall–Kier alpha value is -1.79. The van der Waals surface area contributed by atoms with E-state index in [-0.39, 0.29) is 6.03 Å². The Morgan fingerprint density at radius 3 is 2.63 bits per heavy atom. The van der Waals surface area contributed by atoms with Crippen molar-refractivity contribution >= 4 is 11.7 Å². The van der Waals surface area contributed by atoms with Gasteiger partial charge in [0.05, 0.1) is 13.2 Å². The van der Waals surface area contributed by atoms with Gasteiger partial charge in [-0.3, -0.25) is 4.90 Å².